The summed E-state index contributed by atoms with van der Waals surface area (Å²) in [5, 5.41) is 7.09. The number of rotatable bonds is 3. The topological polar surface area (TPSA) is 29.9 Å². The molecule has 0 saturated carbocycles. The van der Waals surface area contributed by atoms with E-state index in [1.807, 2.05) is 26.4 Å². The summed E-state index contributed by atoms with van der Waals surface area (Å²) >= 11 is 0. The molecule has 0 amide bonds. The van der Waals surface area contributed by atoms with E-state index in [4.69, 9.17) is 0 Å². The Balaban J connectivity index is 2.42. The molecule has 84 valence electrons. The molecule has 0 saturated heterocycles. The minimum absolute atomic E-state index is 0.215. The first-order valence-corrected chi connectivity index (χ1v) is 5.13. The molecule has 0 unspecified atom stereocenters. The summed E-state index contributed by atoms with van der Waals surface area (Å²) in [7, 11) is 3.69. The lowest BCUT2D eigenvalue weighted by atomic mass is 10.1. The molecule has 0 atom stereocenters. The van der Waals surface area contributed by atoms with Gasteiger partial charge in [0.25, 0.3) is 0 Å². The lowest BCUT2D eigenvalue weighted by molar-refractivity contribution is 0.630. The van der Waals surface area contributed by atoms with Gasteiger partial charge < -0.3 is 5.32 Å². The van der Waals surface area contributed by atoms with E-state index >= 15 is 0 Å². The minimum Gasteiger partial charge on any atom is -0.316 e. The summed E-state index contributed by atoms with van der Waals surface area (Å²) < 4.78 is 15.3. The highest BCUT2D eigenvalue weighted by Gasteiger charge is 2.07. The van der Waals surface area contributed by atoms with E-state index < -0.39 is 0 Å². The molecule has 0 aliphatic carbocycles. The predicted octanol–water partition coefficient (Wildman–Crippen LogP) is 1.95. The molecule has 1 heterocycles. The van der Waals surface area contributed by atoms with Crippen molar-refractivity contribution in [2.75, 3.05) is 7.05 Å². The van der Waals surface area contributed by atoms with Crippen LogP contribution in [0.5, 0.6) is 0 Å². The van der Waals surface area contributed by atoms with E-state index in [1.54, 1.807) is 16.9 Å². The fourth-order valence-electron chi connectivity index (χ4n) is 1.67. The highest BCUT2D eigenvalue weighted by molar-refractivity contribution is 5.63. The molecule has 16 heavy (non-hydrogen) atoms. The summed E-state index contributed by atoms with van der Waals surface area (Å²) in [5.41, 5.74) is 2.46. The van der Waals surface area contributed by atoms with Crippen LogP contribution in [0.25, 0.3) is 11.1 Å². The Morgan fingerprint density at radius 3 is 2.88 bits per heavy atom. The Labute approximate surface area is 93.9 Å². The van der Waals surface area contributed by atoms with Crippen LogP contribution in [-0.4, -0.2) is 16.8 Å². The number of hydrogen-bond donors (Lipinski definition) is 1. The van der Waals surface area contributed by atoms with Crippen LogP contribution in [-0.2, 0) is 13.6 Å². The smallest absolute Gasteiger partial charge is 0.131 e. The van der Waals surface area contributed by atoms with Gasteiger partial charge in [-0.25, -0.2) is 4.39 Å². The fourth-order valence-corrected chi connectivity index (χ4v) is 1.67. The van der Waals surface area contributed by atoms with E-state index in [0.717, 1.165) is 17.7 Å². The second-order valence-corrected chi connectivity index (χ2v) is 3.75. The molecule has 0 radical (unpaired) electrons. The average Bonchev–Trinajstić information content (AvgIpc) is 2.68. The van der Waals surface area contributed by atoms with Crippen molar-refractivity contribution < 1.29 is 4.39 Å². The van der Waals surface area contributed by atoms with Gasteiger partial charge in [-0.1, -0.05) is 6.07 Å². The Hall–Kier alpha value is -1.68. The number of nitrogens with one attached hydrogen (secondary N) is 1. The van der Waals surface area contributed by atoms with Gasteiger partial charge in [0.05, 0.1) is 6.20 Å². The molecule has 0 spiro atoms. The summed E-state index contributed by atoms with van der Waals surface area (Å²) in [4.78, 5) is 0. The zero-order valence-corrected chi connectivity index (χ0v) is 9.37. The van der Waals surface area contributed by atoms with Gasteiger partial charge in [0.2, 0.25) is 0 Å². The molecule has 2 aromatic rings. The number of aryl methyl sites for hydroxylation is 1. The third kappa shape index (κ3) is 2.12. The van der Waals surface area contributed by atoms with Gasteiger partial charge >= 0.3 is 0 Å². The Morgan fingerprint density at radius 1 is 1.44 bits per heavy atom. The van der Waals surface area contributed by atoms with Crippen molar-refractivity contribution in [1.29, 1.82) is 0 Å². The Kier molecular flexibility index (Phi) is 3.01. The van der Waals surface area contributed by atoms with Gasteiger partial charge in [-0.15, -0.1) is 0 Å². The number of halogens is 1. The van der Waals surface area contributed by atoms with E-state index in [9.17, 15) is 4.39 Å². The van der Waals surface area contributed by atoms with E-state index in [0.29, 0.717) is 5.56 Å². The third-order valence-electron chi connectivity index (χ3n) is 2.43. The Morgan fingerprint density at radius 2 is 2.25 bits per heavy atom. The molecule has 1 aromatic carbocycles. The molecule has 1 aromatic heterocycles. The first kappa shape index (κ1) is 10.8. The monoisotopic (exact) mass is 219 g/mol. The van der Waals surface area contributed by atoms with Gasteiger partial charge in [0.1, 0.15) is 5.82 Å². The second kappa shape index (κ2) is 4.45. The normalized spacial score (nSPS) is 10.7. The zero-order valence-electron chi connectivity index (χ0n) is 9.37. The molecule has 1 N–H and O–H groups in total. The molecule has 2 rings (SSSR count). The van der Waals surface area contributed by atoms with Gasteiger partial charge in [-0.3, -0.25) is 4.68 Å². The summed E-state index contributed by atoms with van der Waals surface area (Å²) in [5.74, 6) is -0.215. The molecule has 0 bridgehead atoms. The van der Waals surface area contributed by atoms with E-state index in [-0.39, 0.29) is 5.82 Å². The molecule has 0 aliphatic rings. The van der Waals surface area contributed by atoms with Crippen LogP contribution in [0.3, 0.4) is 0 Å². The van der Waals surface area contributed by atoms with Crippen molar-refractivity contribution in [3.63, 3.8) is 0 Å². The maximum Gasteiger partial charge on any atom is 0.131 e. The van der Waals surface area contributed by atoms with E-state index in [1.165, 1.54) is 6.07 Å². The number of benzene rings is 1. The van der Waals surface area contributed by atoms with Gasteiger partial charge in [0, 0.05) is 30.9 Å². The van der Waals surface area contributed by atoms with Crippen molar-refractivity contribution in [2.45, 2.75) is 6.54 Å². The van der Waals surface area contributed by atoms with Crippen molar-refractivity contribution in [2.24, 2.45) is 7.05 Å². The largest absolute Gasteiger partial charge is 0.316 e. The highest BCUT2D eigenvalue weighted by atomic mass is 19.1. The Bertz CT molecular complexity index is 491. The lowest BCUT2D eigenvalue weighted by Crippen LogP contribution is -2.05. The first-order valence-electron chi connectivity index (χ1n) is 5.13. The lowest BCUT2D eigenvalue weighted by Gasteiger charge is -2.04. The summed E-state index contributed by atoms with van der Waals surface area (Å²) in [6.45, 7) is 0.730. The van der Waals surface area contributed by atoms with Crippen LogP contribution in [0.15, 0.2) is 30.6 Å². The molecule has 0 aliphatic heterocycles. The quantitative estimate of drug-likeness (QED) is 0.855. The van der Waals surface area contributed by atoms with Crippen LogP contribution in [0.2, 0.25) is 0 Å². The van der Waals surface area contributed by atoms with Crippen LogP contribution in [0, 0.1) is 5.82 Å². The van der Waals surface area contributed by atoms with E-state index in [2.05, 4.69) is 10.4 Å². The molecule has 0 fully saturated rings. The van der Waals surface area contributed by atoms with Crippen molar-refractivity contribution in [3.8, 4) is 11.1 Å². The van der Waals surface area contributed by atoms with Crippen molar-refractivity contribution in [3.05, 3.63) is 42.0 Å². The molecular weight excluding hydrogens is 205 g/mol. The SMILES string of the molecule is CNCc1ccc(F)c(-c2cnn(C)c2)c1. The summed E-state index contributed by atoms with van der Waals surface area (Å²) in [6.07, 6.45) is 3.48. The third-order valence-corrected chi connectivity index (χ3v) is 2.43. The van der Waals surface area contributed by atoms with Crippen molar-refractivity contribution in [1.82, 2.24) is 15.1 Å². The number of nitrogens with zero attached hydrogens (tertiary/aromatic N) is 2. The number of aromatic nitrogens is 2. The maximum absolute atomic E-state index is 13.6. The zero-order chi connectivity index (χ0) is 11.5. The van der Waals surface area contributed by atoms with Crippen LogP contribution >= 0.6 is 0 Å². The average molecular weight is 219 g/mol. The van der Waals surface area contributed by atoms with Gasteiger partial charge in [-0.2, -0.15) is 5.10 Å². The summed E-state index contributed by atoms with van der Waals surface area (Å²) in [6, 6.07) is 5.13. The van der Waals surface area contributed by atoms with Crippen LogP contribution in [0.1, 0.15) is 5.56 Å². The predicted molar refractivity (Wildman–Crippen MR) is 61.4 cm³/mol. The molecule has 4 heteroatoms. The van der Waals surface area contributed by atoms with Gasteiger partial charge in [0.15, 0.2) is 0 Å². The minimum atomic E-state index is -0.215. The molecular formula is C12H14FN3. The highest BCUT2D eigenvalue weighted by Crippen LogP contribution is 2.23. The first-order chi connectivity index (χ1) is 7.70. The second-order valence-electron chi connectivity index (χ2n) is 3.75. The van der Waals surface area contributed by atoms with Gasteiger partial charge in [-0.05, 0) is 24.7 Å². The van der Waals surface area contributed by atoms with Crippen LogP contribution < -0.4 is 5.32 Å². The van der Waals surface area contributed by atoms with Crippen molar-refractivity contribution >= 4 is 0 Å². The molecule has 3 nitrogen and oxygen atoms in total. The maximum atomic E-state index is 13.6. The fraction of sp³-hybridized carbons (Fsp3) is 0.250. The number of hydrogen-bond acceptors (Lipinski definition) is 2. The van der Waals surface area contributed by atoms with Crippen LogP contribution in [0.4, 0.5) is 4.39 Å². The standard InChI is InChI=1S/C12H14FN3/c1-14-6-9-3-4-12(13)11(5-9)10-7-15-16(2)8-10/h3-5,7-8,14H,6H2,1-2H3.